The van der Waals surface area contributed by atoms with Gasteiger partial charge in [-0.15, -0.1) is 0 Å². The fraction of sp³-hybridized carbons (Fsp3) is 0.533. The second-order valence-corrected chi connectivity index (χ2v) is 5.06. The van der Waals surface area contributed by atoms with Crippen LogP contribution in [-0.4, -0.2) is 32.7 Å². The first kappa shape index (κ1) is 13.7. The van der Waals surface area contributed by atoms with Crippen molar-refractivity contribution in [3.8, 4) is 5.75 Å². The Morgan fingerprint density at radius 3 is 2.58 bits per heavy atom. The van der Waals surface area contributed by atoms with Gasteiger partial charge in [-0.1, -0.05) is 19.1 Å². The molecule has 0 aliphatic heterocycles. The molecule has 0 aromatic heterocycles. The van der Waals surface area contributed by atoms with E-state index in [1.54, 1.807) is 7.11 Å². The summed E-state index contributed by atoms with van der Waals surface area (Å²) in [6.45, 7) is 3.13. The van der Waals surface area contributed by atoms with Crippen molar-refractivity contribution in [2.75, 3.05) is 20.7 Å². The Morgan fingerprint density at radius 2 is 2.05 bits per heavy atom. The summed E-state index contributed by atoms with van der Waals surface area (Å²) < 4.78 is 5.15. The SMILES string of the molecule is CN=C(NCCc1ccc(OC)cc1)NC1CC1C. The van der Waals surface area contributed by atoms with E-state index < -0.39 is 0 Å². The molecule has 1 fully saturated rings. The van der Waals surface area contributed by atoms with Gasteiger partial charge in [0, 0.05) is 19.6 Å². The van der Waals surface area contributed by atoms with Crippen molar-refractivity contribution in [2.24, 2.45) is 10.9 Å². The second-order valence-electron chi connectivity index (χ2n) is 5.06. The van der Waals surface area contributed by atoms with Crippen LogP contribution in [0.3, 0.4) is 0 Å². The largest absolute Gasteiger partial charge is 0.497 e. The van der Waals surface area contributed by atoms with Crippen molar-refractivity contribution in [1.29, 1.82) is 0 Å². The van der Waals surface area contributed by atoms with Gasteiger partial charge >= 0.3 is 0 Å². The van der Waals surface area contributed by atoms with E-state index in [4.69, 9.17) is 4.74 Å². The van der Waals surface area contributed by atoms with E-state index in [9.17, 15) is 0 Å². The molecule has 2 atom stereocenters. The lowest BCUT2D eigenvalue weighted by atomic mass is 10.1. The van der Waals surface area contributed by atoms with Crippen molar-refractivity contribution < 1.29 is 4.74 Å². The lowest BCUT2D eigenvalue weighted by Crippen LogP contribution is -2.39. The molecular formula is C15H23N3O. The highest BCUT2D eigenvalue weighted by molar-refractivity contribution is 5.80. The first-order valence-corrected chi connectivity index (χ1v) is 6.83. The summed E-state index contributed by atoms with van der Waals surface area (Å²) in [5.41, 5.74) is 1.29. The third-order valence-corrected chi connectivity index (χ3v) is 3.52. The Bertz CT molecular complexity index is 428. The minimum atomic E-state index is 0.604. The fourth-order valence-corrected chi connectivity index (χ4v) is 2.01. The molecule has 2 N–H and O–H groups in total. The van der Waals surface area contributed by atoms with Crippen LogP contribution in [0.4, 0.5) is 0 Å². The molecule has 4 heteroatoms. The third-order valence-electron chi connectivity index (χ3n) is 3.52. The van der Waals surface area contributed by atoms with Crippen molar-refractivity contribution >= 4 is 5.96 Å². The normalized spacial score (nSPS) is 21.9. The van der Waals surface area contributed by atoms with Gasteiger partial charge in [-0.3, -0.25) is 4.99 Å². The average molecular weight is 261 g/mol. The van der Waals surface area contributed by atoms with Crippen LogP contribution in [0.1, 0.15) is 18.9 Å². The zero-order valence-corrected chi connectivity index (χ0v) is 11.9. The summed E-state index contributed by atoms with van der Waals surface area (Å²) in [5, 5.41) is 6.76. The number of ether oxygens (including phenoxy) is 1. The first-order chi connectivity index (χ1) is 9.22. The minimum absolute atomic E-state index is 0.604. The molecule has 0 bridgehead atoms. The maximum Gasteiger partial charge on any atom is 0.191 e. The topological polar surface area (TPSA) is 45.7 Å². The molecule has 0 spiro atoms. The Morgan fingerprint density at radius 1 is 1.37 bits per heavy atom. The van der Waals surface area contributed by atoms with Crippen LogP contribution in [0.5, 0.6) is 5.75 Å². The molecule has 0 radical (unpaired) electrons. The Kier molecular flexibility index (Phi) is 4.66. The molecule has 1 aromatic rings. The molecule has 2 unspecified atom stereocenters. The van der Waals surface area contributed by atoms with Gasteiger partial charge in [0.2, 0.25) is 0 Å². The Balaban J connectivity index is 1.72. The van der Waals surface area contributed by atoms with Gasteiger partial charge in [-0.25, -0.2) is 0 Å². The number of guanidine groups is 1. The first-order valence-electron chi connectivity index (χ1n) is 6.83. The van der Waals surface area contributed by atoms with Crippen molar-refractivity contribution in [2.45, 2.75) is 25.8 Å². The van der Waals surface area contributed by atoms with E-state index in [1.807, 2.05) is 19.2 Å². The van der Waals surface area contributed by atoms with Crippen molar-refractivity contribution in [1.82, 2.24) is 10.6 Å². The number of aliphatic imine (C=N–C) groups is 1. The molecule has 0 heterocycles. The van der Waals surface area contributed by atoms with E-state index in [-0.39, 0.29) is 0 Å². The zero-order chi connectivity index (χ0) is 13.7. The number of benzene rings is 1. The number of rotatable bonds is 5. The van der Waals surface area contributed by atoms with E-state index in [0.29, 0.717) is 6.04 Å². The lowest BCUT2D eigenvalue weighted by molar-refractivity contribution is 0.414. The summed E-state index contributed by atoms with van der Waals surface area (Å²) in [5.74, 6) is 2.58. The lowest BCUT2D eigenvalue weighted by Gasteiger charge is -2.11. The number of methoxy groups -OCH3 is 1. The van der Waals surface area contributed by atoms with Crippen LogP contribution in [-0.2, 0) is 6.42 Å². The summed E-state index contributed by atoms with van der Waals surface area (Å²) in [6.07, 6.45) is 2.23. The van der Waals surface area contributed by atoms with Crippen LogP contribution >= 0.6 is 0 Å². The summed E-state index contributed by atoms with van der Waals surface area (Å²) in [4.78, 5) is 4.24. The van der Waals surface area contributed by atoms with Gasteiger partial charge in [-0.05, 0) is 36.5 Å². The third kappa shape index (κ3) is 4.16. The van der Waals surface area contributed by atoms with Crippen LogP contribution in [0.25, 0.3) is 0 Å². The highest BCUT2D eigenvalue weighted by Crippen LogP contribution is 2.28. The average Bonchev–Trinajstić information content (AvgIpc) is 3.13. The Labute approximate surface area is 115 Å². The highest BCUT2D eigenvalue weighted by atomic mass is 16.5. The summed E-state index contributed by atoms with van der Waals surface area (Å²) in [6, 6.07) is 8.79. The molecule has 0 saturated heterocycles. The maximum atomic E-state index is 5.15. The van der Waals surface area contributed by atoms with E-state index in [1.165, 1.54) is 12.0 Å². The molecule has 1 aromatic carbocycles. The monoisotopic (exact) mass is 261 g/mol. The van der Waals surface area contributed by atoms with Crippen LogP contribution in [0.15, 0.2) is 29.3 Å². The number of hydrogen-bond donors (Lipinski definition) is 2. The fourth-order valence-electron chi connectivity index (χ4n) is 2.01. The number of hydrogen-bond acceptors (Lipinski definition) is 2. The predicted molar refractivity (Wildman–Crippen MR) is 78.8 cm³/mol. The highest BCUT2D eigenvalue weighted by Gasteiger charge is 2.33. The minimum Gasteiger partial charge on any atom is -0.497 e. The predicted octanol–water partition coefficient (Wildman–Crippen LogP) is 1.81. The molecule has 1 aliphatic rings. The molecule has 0 amide bonds. The number of nitrogens with one attached hydrogen (secondary N) is 2. The summed E-state index contributed by atoms with van der Waals surface area (Å²) >= 11 is 0. The molecule has 1 aliphatic carbocycles. The molecule has 2 rings (SSSR count). The summed E-state index contributed by atoms with van der Waals surface area (Å²) in [7, 11) is 3.50. The molecular weight excluding hydrogens is 238 g/mol. The standard InChI is InChI=1S/C15H23N3O/c1-11-10-14(11)18-15(16-2)17-9-8-12-4-6-13(19-3)7-5-12/h4-7,11,14H,8-10H2,1-3H3,(H2,16,17,18). The van der Waals surface area contributed by atoms with Gasteiger partial charge in [0.05, 0.1) is 7.11 Å². The van der Waals surface area contributed by atoms with Gasteiger partial charge in [0.25, 0.3) is 0 Å². The quantitative estimate of drug-likeness (QED) is 0.627. The molecule has 1 saturated carbocycles. The van der Waals surface area contributed by atoms with Crippen LogP contribution in [0.2, 0.25) is 0 Å². The van der Waals surface area contributed by atoms with Crippen molar-refractivity contribution in [3.63, 3.8) is 0 Å². The molecule has 19 heavy (non-hydrogen) atoms. The molecule has 4 nitrogen and oxygen atoms in total. The van der Waals surface area contributed by atoms with Gasteiger partial charge in [0.15, 0.2) is 5.96 Å². The zero-order valence-electron chi connectivity index (χ0n) is 11.9. The maximum absolute atomic E-state index is 5.15. The van der Waals surface area contributed by atoms with Crippen LogP contribution in [0, 0.1) is 5.92 Å². The number of nitrogens with zero attached hydrogens (tertiary/aromatic N) is 1. The smallest absolute Gasteiger partial charge is 0.191 e. The second kappa shape index (κ2) is 6.45. The van der Waals surface area contributed by atoms with Gasteiger partial charge in [0.1, 0.15) is 5.75 Å². The van der Waals surface area contributed by atoms with Gasteiger partial charge in [-0.2, -0.15) is 0 Å². The van der Waals surface area contributed by atoms with E-state index in [0.717, 1.165) is 30.6 Å². The van der Waals surface area contributed by atoms with Gasteiger partial charge < -0.3 is 15.4 Å². The molecule has 104 valence electrons. The van der Waals surface area contributed by atoms with Crippen LogP contribution < -0.4 is 15.4 Å². The van der Waals surface area contributed by atoms with Crippen molar-refractivity contribution in [3.05, 3.63) is 29.8 Å². The van der Waals surface area contributed by atoms with E-state index in [2.05, 4.69) is 34.7 Å². The van der Waals surface area contributed by atoms with E-state index >= 15 is 0 Å². The Hall–Kier alpha value is -1.71.